The molecular weight excluding hydrogens is 472 g/mol. The van der Waals surface area contributed by atoms with Gasteiger partial charge >= 0.3 is 0 Å². The van der Waals surface area contributed by atoms with Crippen LogP contribution in [-0.2, 0) is 14.3 Å². The molecule has 1 amide bonds. The lowest BCUT2D eigenvalue weighted by atomic mass is 9.94. The predicted molar refractivity (Wildman–Crippen MR) is 132 cm³/mol. The highest BCUT2D eigenvalue weighted by molar-refractivity contribution is 6.46. The molecule has 8 nitrogen and oxygen atoms in total. The van der Waals surface area contributed by atoms with Crippen LogP contribution in [0.5, 0.6) is 11.5 Å². The van der Waals surface area contributed by atoms with Gasteiger partial charge in [-0.2, -0.15) is 0 Å². The summed E-state index contributed by atoms with van der Waals surface area (Å²) in [7, 11) is 3.03. The fraction of sp³-hybridized carbons (Fsp3) is 0.385. The Labute approximate surface area is 209 Å². The number of nitrogens with zero attached hydrogens (tertiary/aromatic N) is 2. The van der Waals surface area contributed by atoms with Gasteiger partial charge in [0.2, 0.25) is 0 Å². The van der Waals surface area contributed by atoms with Crippen LogP contribution in [-0.4, -0.2) is 80.2 Å². The summed E-state index contributed by atoms with van der Waals surface area (Å²) in [4.78, 5) is 30.3. The van der Waals surface area contributed by atoms with Gasteiger partial charge in [-0.15, -0.1) is 0 Å². The van der Waals surface area contributed by atoms with Crippen molar-refractivity contribution in [1.29, 1.82) is 0 Å². The Bertz CT molecular complexity index is 1110. The van der Waals surface area contributed by atoms with E-state index in [4.69, 9.17) is 25.8 Å². The van der Waals surface area contributed by atoms with Crippen molar-refractivity contribution in [3.8, 4) is 11.5 Å². The number of benzene rings is 2. The normalized spacial score (nSPS) is 20.3. The number of para-hydroxylation sites is 1. The minimum absolute atomic E-state index is 0.00949. The van der Waals surface area contributed by atoms with E-state index in [1.54, 1.807) is 42.5 Å². The fourth-order valence-electron chi connectivity index (χ4n) is 4.61. The van der Waals surface area contributed by atoms with Crippen LogP contribution in [0.25, 0.3) is 5.76 Å². The molecule has 0 bridgehead atoms. The number of aliphatic hydroxyl groups is 1. The van der Waals surface area contributed by atoms with Crippen molar-refractivity contribution in [3.05, 3.63) is 64.2 Å². The van der Waals surface area contributed by atoms with E-state index in [0.29, 0.717) is 53.8 Å². The second kappa shape index (κ2) is 11.1. The third-order valence-electron chi connectivity index (χ3n) is 6.36. The number of Topliss-reactive ketones (excluding diaryl/α,β-unsaturated/α-hetero) is 1. The number of hydrogen-bond donors (Lipinski definition) is 1. The highest BCUT2D eigenvalue weighted by atomic mass is 35.5. The van der Waals surface area contributed by atoms with Crippen molar-refractivity contribution in [2.24, 2.45) is 0 Å². The summed E-state index contributed by atoms with van der Waals surface area (Å²) in [5.74, 6) is -0.779. The van der Waals surface area contributed by atoms with Crippen LogP contribution >= 0.6 is 11.6 Å². The standard InChI is InChI=1S/C26H29ClN2O6/c1-33-20-6-3-5-19(25(20)34-2)22-21(23(30)17-7-9-18(27)10-8-17)24(31)26(32)29(22)12-4-11-28-13-15-35-16-14-28/h3,5-10,22,30H,4,11-16H2,1-2H3. The molecule has 4 rings (SSSR count). The van der Waals surface area contributed by atoms with Gasteiger partial charge in [-0.25, -0.2) is 0 Å². The smallest absolute Gasteiger partial charge is 0.295 e. The largest absolute Gasteiger partial charge is 0.507 e. The van der Waals surface area contributed by atoms with Crippen LogP contribution in [0.2, 0.25) is 5.02 Å². The molecule has 0 aliphatic carbocycles. The second-order valence-electron chi connectivity index (χ2n) is 8.39. The lowest BCUT2D eigenvalue weighted by Gasteiger charge is -2.29. The van der Waals surface area contributed by atoms with Crippen LogP contribution < -0.4 is 9.47 Å². The minimum atomic E-state index is -0.833. The molecule has 2 heterocycles. The first-order valence-electron chi connectivity index (χ1n) is 11.5. The third kappa shape index (κ3) is 5.15. The number of hydrogen-bond acceptors (Lipinski definition) is 7. The molecule has 2 saturated heterocycles. The van der Waals surface area contributed by atoms with Gasteiger partial charge in [0.25, 0.3) is 11.7 Å². The number of likely N-dealkylation sites (tertiary alicyclic amines) is 1. The summed E-state index contributed by atoms with van der Waals surface area (Å²) < 4.78 is 16.5. The van der Waals surface area contributed by atoms with Crippen LogP contribution in [0.4, 0.5) is 0 Å². The lowest BCUT2D eigenvalue weighted by molar-refractivity contribution is -0.140. The molecular formula is C26H29ClN2O6. The van der Waals surface area contributed by atoms with Gasteiger partial charge in [0.1, 0.15) is 5.76 Å². The van der Waals surface area contributed by atoms with Crippen molar-refractivity contribution in [2.75, 3.05) is 53.6 Å². The molecule has 0 saturated carbocycles. The van der Waals surface area contributed by atoms with Crippen LogP contribution in [0.3, 0.4) is 0 Å². The minimum Gasteiger partial charge on any atom is -0.507 e. The maximum Gasteiger partial charge on any atom is 0.295 e. The number of halogens is 1. The lowest BCUT2D eigenvalue weighted by Crippen LogP contribution is -2.39. The zero-order chi connectivity index (χ0) is 24.9. The molecule has 186 valence electrons. The van der Waals surface area contributed by atoms with E-state index in [9.17, 15) is 14.7 Å². The molecule has 1 unspecified atom stereocenters. The average molecular weight is 501 g/mol. The SMILES string of the molecule is COc1cccc(C2C(=C(O)c3ccc(Cl)cc3)C(=O)C(=O)N2CCCN2CCOCC2)c1OC. The Morgan fingerprint density at radius 3 is 2.43 bits per heavy atom. The molecule has 0 aromatic heterocycles. The fourth-order valence-corrected chi connectivity index (χ4v) is 4.74. The number of ether oxygens (including phenoxy) is 3. The summed E-state index contributed by atoms with van der Waals surface area (Å²) >= 11 is 6.00. The van der Waals surface area contributed by atoms with Gasteiger partial charge in [-0.1, -0.05) is 23.7 Å². The van der Waals surface area contributed by atoms with Gasteiger partial charge in [-0.05, 0) is 36.8 Å². The molecule has 2 fully saturated rings. The highest BCUT2D eigenvalue weighted by Gasteiger charge is 2.47. The summed E-state index contributed by atoms with van der Waals surface area (Å²) in [6.07, 6.45) is 0.663. The maximum atomic E-state index is 13.3. The van der Waals surface area contributed by atoms with E-state index in [1.165, 1.54) is 19.1 Å². The Morgan fingerprint density at radius 1 is 1.06 bits per heavy atom. The Hall–Kier alpha value is -3.07. The summed E-state index contributed by atoms with van der Waals surface area (Å²) in [6.45, 7) is 4.15. The topological polar surface area (TPSA) is 88.5 Å². The van der Waals surface area contributed by atoms with E-state index in [1.807, 2.05) is 0 Å². The first-order valence-corrected chi connectivity index (χ1v) is 11.9. The van der Waals surface area contributed by atoms with E-state index < -0.39 is 17.7 Å². The Balaban J connectivity index is 1.75. The summed E-state index contributed by atoms with van der Waals surface area (Å²) in [5.41, 5.74) is 0.968. The molecule has 1 N–H and O–H groups in total. The van der Waals surface area contributed by atoms with Crippen LogP contribution in [0, 0.1) is 0 Å². The number of rotatable bonds is 8. The van der Waals surface area contributed by atoms with Crippen molar-refractivity contribution in [2.45, 2.75) is 12.5 Å². The monoisotopic (exact) mass is 500 g/mol. The third-order valence-corrected chi connectivity index (χ3v) is 6.61. The number of carbonyl (C=O) groups excluding carboxylic acids is 2. The second-order valence-corrected chi connectivity index (χ2v) is 8.83. The van der Waals surface area contributed by atoms with Gasteiger partial charge in [-0.3, -0.25) is 14.5 Å². The molecule has 9 heteroatoms. The Morgan fingerprint density at radius 2 is 1.77 bits per heavy atom. The molecule has 1 atom stereocenters. The number of amides is 1. The number of aliphatic hydroxyl groups excluding tert-OH is 1. The molecule has 2 aliphatic rings. The first-order chi connectivity index (χ1) is 17.0. The summed E-state index contributed by atoms with van der Waals surface area (Å²) in [6, 6.07) is 10.9. The van der Waals surface area contributed by atoms with Crippen molar-refractivity contribution >= 4 is 29.1 Å². The molecule has 0 spiro atoms. The molecule has 2 aromatic rings. The molecule has 2 aliphatic heterocycles. The highest BCUT2D eigenvalue weighted by Crippen LogP contribution is 2.45. The van der Waals surface area contributed by atoms with Gasteiger partial charge < -0.3 is 24.2 Å². The zero-order valence-corrected chi connectivity index (χ0v) is 20.6. The number of morpholine rings is 1. The molecule has 0 radical (unpaired) electrons. The van der Waals surface area contributed by atoms with E-state index in [0.717, 1.165) is 19.6 Å². The van der Waals surface area contributed by atoms with Crippen molar-refractivity contribution < 1.29 is 28.9 Å². The predicted octanol–water partition coefficient (Wildman–Crippen LogP) is 3.50. The van der Waals surface area contributed by atoms with Crippen molar-refractivity contribution in [1.82, 2.24) is 9.80 Å². The first kappa shape index (κ1) is 25.0. The van der Waals surface area contributed by atoms with E-state index in [-0.39, 0.29) is 11.3 Å². The summed E-state index contributed by atoms with van der Waals surface area (Å²) in [5, 5.41) is 11.7. The molecule has 2 aromatic carbocycles. The number of methoxy groups -OCH3 is 2. The number of ketones is 1. The van der Waals surface area contributed by atoms with Crippen LogP contribution in [0.15, 0.2) is 48.0 Å². The van der Waals surface area contributed by atoms with Crippen molar-refractivity contribution in [3.63, 3.8) is 0 Å². The molecule has 35 heavy (non-hydrogen) atoms. The van der Waals surface area contributed by atoms with Gasteiger partial charge in [0.05, 0.1) is 39.0 Å². The van der Waals surface area contributed by atoms with E-state index >= 15 is 0 Å². The quantitative estimate of drug-likeness (QED) is 0.337. The number of carbonyl (C=O) groups is 2. The van der Waals surface area contributed by atoms with Gasteiger partial charge in [0, 0.05) is 42.3 Å². The van der Waals surface area contributed by atoms with E-state index in [2.05, 4.69) is 4.90 Å². The zero-order valence-electron chi connectivity index (χ0n) is 19.8. The maximum absolute atomic E-state index is 13.3. The average Bonchev–Trinajstić information content (AvgIpc) is 3.13. The van der Waals surface area contributed by atoms with Gasteiger partial charge in [0.15, 0.2) is 11.5 Å². The van der Waals surface area contributed by atoms with Crippen LogP contribution in [0.1, 0.15) is 23.6 Å². The Kier molecular flexibility index (Phi) is 7.95.